The molecule has 3 nitrogen and oxygen atoms in total. The Morgan fingerprint density at radius 2 is 1.81 bits per heavy atom. The summed E-state index contributed by atoms with van der Waals surface area (Å²) in [6, 6.07) is 0. The first kappa shape index (κ1) is 15.4. The minimum atomic E-state index is -0.414. The minimum absolute atomic E-state index is 0.0360. The Labute approximate surface area is 99.5 Å². The molecule has 0 fully saturated rings. The van der Waals surface area contributed by atoms with Crippen molar-refractivity contribution in [2.45, 2.75) is 66.1 Å². The molecule has 0 spiro atoms. The van der Waals surface area contributed by atoms with Gasteiger partial charge >= 0.3 is 5.97 Å². The summed E-state index contributed by atoms with van der Waals surface area (Å²) in [5, 5.41) is 0. The third-order valence-electron chi connectivity index (χ3n) is 2.65. The average molecular weight is 230 g/mol. The van der Waals surface area contributed by atoms with Gasteiger partial charge in [0, 0.05) is 0 Å². The molecule has 0 saturated heterocycles. The smallest absolute Gasteiger partial charge is 0.310 e. The van der Waals surface area contributed by atoms with Gasteiger partial charge in [-0.15, -0.1) is 0 Å². The molecule has 0 aromatic heterocycles. The first-order valence-corrected chi connectivity index (χ1v) is 6.43. The number of ether oxygens (including phenoxy) is 2. The second-order valence-corrected chi connectivity index (χ2v) is 4.25. The van der Waals surface area contributed by atoms with E-state index in [0.29, 0.717) is 6.61 Å². The third-order valence-corrected chi connectivity index (χ3v) is 2.65. The molecule has 0 bridgehead atoms. The summed E-state index contributed by atoms with van der Waals surface area (Å²) in [5.74, 6) is -0.199. The fourth-order valence-corrected chi connectivity index (χ4v) is 1.26. The lowest BCUT2D eigenvalue weighted by Crippen LogP contribution is -2.22. The average Bonchev–Trinajstić information content (AvgIpc) is 2.27. The summed E-state index contributed by atoms with van der Waals surface area (Å²) in [6.07, 6.45) is 5.08. The summed E-state index contributed by atoms with van der Waals surface area (Å²) >= 11 is 0. The summed E-state index contributed by atoms with van der Waals surface area (Å²) < 4.78 is 10.6. The van der Waals surface area contributed by atoms with Crippen LogP contribution in [-0.2, 0) is 14.3 Å². The van der Waals surface area contributed by atoms with E-state index < -0.39 is 6.29 Å². The van der Waals surface area contributed by atoms with E-state index in [4.69, 9.17) is 9.47 Å². The van der Waals surface area contributed by atoms with Gasteiger partial charge in [0.2, 0.25) is 0 Å². The van der Waals surface area contributed by atoms with Crippen molar-refractivity contribution in [3.05, 3.63) is 0 Å². The second kappa shape index (κ2) is 9.64. The quantitative estimate of drug-likeness (QED) is 0.345. The van der Waals surface area contributed by atoms with Gasteiger partial charge in [-0.25, -0.2) is 0 Å². The summed E-state index contributed by atoms with van der Waals surface area (Å²) in [6.45, 7) is 8.48. The molecule has 2 unspecified atom stereocenters. The highest BCUT2D eigenvalue weighted by molar-refractivity contribution is 5.71. The van der Waals surface area contributed by atoms with E-state index in [1.165, 1.54) is 19.3 Å². The van der Waals surface area contributed by atoms with Crippen molar-refractivity contribution >= 4 is 5.97 Å². The maximum Gasteiger partial charge on any atom is 0.310 e. The van der Waals surface area contributed by atoms with Crippen molar-refractivity contribution in [1.29, 1.82) is 0 Å². The highest BCUT2D eigenvalue weighted by Gasteiger charge is 2.15. The van der Waals surface area contributed by atoms with Gasteiger partial charge in [-0.3, -0.25) is 4.79 Å². The number of carbonyl (C=O) groups excluding carboxylic acids is 1. The molecule has 2 atom stereocenters. The van der Waals surface area contributed by atoms with Crippen molar-refractivity contribution < 1.29 is 14.3 Å². The van der Waals surface area contributed by atoms with Crippen molar-refractivity contribution in [3.8, 4) is 0 Å². The first-order chi connectivity index (χ1) is 7.61. The lowest BCUT2D eigenvalue weighted by atomic mass is 10.1. The number of carbonyl (C=O) groups is 1. The molecule has 0 aromatic carbocycles. The van der Waals surface area contributed by atoms with E-state index in [1.807, 2.05) is 13.8 Å². The number of unbranched alkanes of at least 4 members (excludes halogenated alkanes) is 3. The lowest BCUT2D eigenvalue weighted by molar-refractivity contribution is -0.179. The number of rotatable bonds is 9. The van der Waals surface area contributed by atoms with Crippen LogP contribution in [0.2, 0.25) is 0 Å². The molecule has 16 heavy (non-hydrogen) atoms. The van der Waals surface area contributed by atoms with Crippen LogP contribution in [0.5, 0.6) is 0 Å². The zero-order valence-electron chi connectivity index (χ0n) is 11.1. The van der Waals surface area contributed by atoms with Crippen LogP contribution in [0.3, 0.4) is 0 Å². The summed E-state index contributed by atoms with van der Waals surface area (Å²) in [4.78, 5) is 11.4. The molecular formula is C13H26O3. The molecule has 0 aliphatic heterocycles. The van der Waals surface area contributed by atoms with Crippen LogP contribution < -0.4 is 0 Å². The van der Waals surface area contributed by atoms with Crippen LogP contribution >= 0.6 is 0 Å². The fraction of sp³-hybridized carbons (Fsp3) is 0.923. The van der Waals surface area contributed by atoms with E-state index >= 15 is 0 Å². The topological polar surface area (TPSA) is 35.5 Å². The predicted octanol–water partition coefficient (Wildman–Crippen LogP) is 3.52. The molecule has 0 aliphatic carbocycles. The third kappa shape index (κ3) is 7.69. The monoisotopic (exact) mass is 230 g/mol. The summed E-state index contributed by atoms with van der Waals surface area (Å²) in [7, 11) is 0. The Bertz CT molecular complexity index is 180. The zero-order chi connectivity index (χ0) is 12.4. The van der Waals surface area contributed by atoms with Crippen molar-refractivity contribution in [2.75, 3.05) is 6.61 Å². The predicted molar refractivity (Wildman–Crippen MR) is 65.1 cm³/mol. The minimum Gasteiger partial charge on any atom is -0.436 e. The van der Waals surface area contributed by atoms with Gasteiger partial charge < -0.3 is 9.47 Å². The van der Waals surface area contributed by atoms with Crippen molar-refractivity contribution in [1.82, 2.24) is 0 Å². The highest BCUT2D eigenvalue weighted by atomic mass is 16.7. The van der Waals surface area contributed by atoms with Crippen molar-refractivity contribution in [2.24, 2.45) is 5.92 Å². The summed E-state index contributed by atoms with van der Waals surface area (Å²) in [5.41, 5.74) is 0. The van der Waals surface area contributed by atoms with E-state index in [1.54, 1.807) is 6.92 Å². The Hall–Kier alpha value is -0.570. The van der Waals surface area contributed by atoms with E-state index in [0.717, 1.165) is 12.8 Å². The molecule has 0 amide bonds. The van der Waals surface area contributed by atoms with Gasteiger partial charge in [-0.05, 0) is 19.8 Å². The van der Waals surface area contributed by atoms with Crippen LogP contribution in [0.15, 0.2) is 0 Å². The first-order valence-electron chi connectivity index (χ1n) is 6.43. The molecule has 0 N–H and O–H groups in total. The Morgan fingerprint density at radius 1 is 1.12 bits per heavy atom. The Kier molecular flexibility index (Phi) is 9.30. The molecular weight excluding hydrogens is 204 g/mol. The van der Waals surface area contributed by atoms with Crippen LogP contribution in [0, 0.1) is 5.92 Å². The molecule has 0 saturated carbocycles. The van der Waals surface area contributed by atoms with E-state index in [9.17, 15) is 4.79 Å². The maximum absolute atomic E-state index is 11.4. The van der Waals surface area contributed by atoms with Gasteiger partial charge in [0.05, 0.1) is 12.5 Å². The van der Waals surface area contributed by atoms with Crippen LogP contribution in [0.1, 0.15) is 59.8 Å². The zero-order valence-corrected chi connectivity index (χ0v) is 11.1. The highest BCUT2D eigenvalue weighted by Crippen LogP contribution is 2.07. The SMILES string of the molecule is CCCCCCOC(C)OC(=O)C(C)CC. The molecule has 0 radical (unpaired) electrons. The molecule has 0 rings (SSSR count). The Morgan fingerprint density at radius 3 is 2.38 bits per heavy atom. The molecule has 0 aromatic rings. The molecule has 0 heterocycles. The van der Waals surface area contributed by atoms with Gasteiger partial charge in [-0.2, -0.15) is 0 Å². The van der Waals surface area contributed by atoms with Gasteiger partial charge in [0.25, 0.3) is 0 Å². The number of hydrogen-bond donors (Lipinski definition) is 0. The van der Waals surface area contributed by atoms with E-state index in [2.05, 4.69) is 6.92 Å². The van der Waals surface area contributed by atoms with Gasteiger partial charge in [0.1, 0.15) is 0 Å². The lowest BCUT2D eigenvalue weighted by Gasteiger charge is -2.16. The molecule has 96 valence electrons. The Balaban J connectivity index is 3.50. The maximum atomic E-state index is 11.4. The van der Waals surface area contributed by atoms with Gasteiger partial charge in [0.15, 0.2) is 6.29 Å². The number of hydrogen-bond acceptors (Lipinski definition) is 3. The second-order valence-electron chi connectivity index (χ2n) is 4.25. The fourth-order valence-electron chi connectivity index (χ4n) is 1.26. The van der Waals surface area contributed by atoms with Crippen LogP contribution in [-0.4, -0.2) is 18.9 Å². The number of esters is 1. The normalized spacial score (nSPS) is 14.5. The van der Waals surface area contributed by atoms with E-state index in [-0.39, 0.29) is 11.9 Å². The largest absolute Gasteiger partial charge is 0.436 e. The van der Waals surface area contributed by atoms with Crippen LogP contribution in [0.4, 0.5) is 0 Å². The van der Waals surface area contributed by atoms with Gasteiger partial charge in [-0.1, -0.05) is 40.0 Å². The van der Waals surface area contributed by atoms with Crippen molar-refractivity contribution in [3.63, 3.8) is 0 Å². The molecule has 0 aliphatic rings. The van der Waals surface area contributed by atoms with Crippen LogP contribution in [0.25, 0.3) is 0 Å². The molecule has 3 heteroatoms. The standard InChI is InChI=1S/C13H26O3/c1-5-7-8-9-10-15-12(4)16-13(14)11(3)6-2/h11-12H,5-10H2,1-4H3.